The average Bonchev–Trinajstić information content (AvgIpc) is 3.38. The van der Waals surface area contributed by atoms with Crippen molar-refractivity contribution in [1.29, 1.82) is 0 Å². The summed E-state index contributed by atoms with van der Waals surface area (Å²) in [7, 11) is 0. The summed E-state index contributed by atoms with van der Waals surface area (Å²) in [5, 5.41) is 8.43. The molecule has 0 bridgehead atoms. The van der Waals surface area contributed by atoms with Crippen LogP contribution >= 0.6 is 0 Å². The van der Waals surface area contributed by atoms with Gasteiger partial charge in [0.05, 0.1) is 0 Å². The third-order valence-corrected chi connectivity index (χ3v) is 5.02. The number of aromatic nitrogens is 4. The molecule has 1 unspecified atom stereocenters. The Hall–Kier alpha value is -2.51. The summed E-state index contributed by atoms with van der Waals surface area (Å²) in [5.41, 5.74) is 0. The summed E-state index contributed by atoms with van der Waals surface area (Å²) in [6.45, 7) is 3.38. The molecule has 2 aliphatic rings. The van der Waals surface area contributed by atoms with Gasteiger partial charge in [0.15, 0.2) is 11.6 Å². The predicted molar refractivity (Wildman–Crippen MR) is 90.8 cm³/mol. The van der Waals surface area contributed by atoms with Crippen LogP contribution in [0.1, 0.15) is 37.8 Å². The lowest BCUT2D eigenvalue weighted by Gasteiger charge is -2.26. The maximum atomic E-state index is 13.6. The zero-order valence-electron chi connectivity index (χ0n) is 14.8. The lowest BCUT2D eigenvalue weighted by Crippen LogP contribution is -2.40. The van der Waals surface area contributed by atoms with Crippen LogP contribution in [0.25, 0.3) is 0 Å². The number of carbonyl (C=O) groups is 1. The molecule has 1 aliphatic carbocycles. The molecular weight excluding hydrogens is 337 g/mol. The van der Waals surface area contributed by atoms with Crippen LogP contribution in [0.15, 0.2) is 18.3 Å². The second-order valence-electron chi connectivity index (χ2n) is 7.05. The van der Waals surface area contributed by atoms with Crippen molar-refractivity contribution < 1.29 is 13.9 Å². The number of rotatable bonds is 5. The first-order valence-corrected chi connectivity index (χ1v) is 9.05. The van der Waals surface area contributed by atoms with E-state index in [0.717, 1.165) is 5.82 Å². The molecule has 1 amide bonds. The Morgan fingerprint density at radius 1 is 1.35 bits per heavy atom. The molecule has 8 heteroatoms. The highest BCUT2D eigenvalue weighted by atomic mass is 19.1. The van der Waals surface area contributed by atoms with Gasteiger partial charge in [-0.15, -0.1) is 10.2 Å². The third kappa shape index (κ3) is 3.54. The number of amides is 1. The number of hydrogen-bond donors (Lipinski definition) is 0. The van der Waals surface area contributed by atoms with Crippen molar-refractivity contribution in [2.75, 3.05) is 6.54 Å². The SMILES string of the molecule is CC1Cc2nnc(COc3ncccc3F)n2CCN1C(=O)CC1CC1. The molecule has 1 aliphatic heterocycles. The van der Waals surface area contributed by atoms with Gasteiger partial charge in [-0.2, -0.15) is 0 Å². The van der Waals surface area contributed by atoms with Crippen molar-refractivity contribution >= 4 is 5.91 Å². The Morgan fingerprint density at radius 2 is 2.19 bits per heavy atom. The maximum absolute atomic E-state index is 13.6. The lowest BCUT2D eigenvalue weighted by atomic mass is 10.1. The fourth-order valence-corrected chi connectivity index (χ4v) is 3.36. The Kier molecular flexibility index (Phi) is 4.57. The molecule has 0 aromatic carbocycles. The zero-order chi connectivity index (χ0) is 18.1. The van der Waals surface area contributed by atoms with E-state index in [2.05, 4.69) is 22.1 Å². The number of hydrogen-bond acceptors (Lipinski definition) is 5. The first-order valence-electron chi connectivity index (χ1n) is 9.05. The van der Waals surface area contributed by atoms with Gasteiger partial charge in [0, 0.05) is 38.2 Å². The van der Waals surface area contributed by atoms with Crippen LogP contribution in [-0.4, -0.2) is 43.1 Å². The van der Waals surface area contributed by atoms with E-state index >= 15 is 0 Å². The second-order valence-corrected chi connectivity index (χ2v) is 7.05. The number of fused-ring (bicyclic) bond motifs is 1. The maximum Gasteiger partial charge on any atom is 0.250 e. The van der Waals surface area contributed by atoms with Crippen LogP contribution < -0.4 is 4.74 Å². The van der Waals surface area contributed by atoms with Crippen molar-refractivity contribution in [1.82, 2.24) is 24.6 Å². The fourth-order valence-electron chi connectivity index (χ4n) is 3.36. The Balaban J connectivity index is 1.44. The number of carbonyl (C=O) groups excluding carboxylic acids is 1. The van der Waals surface area contributed by atoms with Gasteiger partial charge >= 0.3 is 0 Å². The fraction of sp³-hybridized carbons (Fsp3) is 0.556. The molecule has 3 heterocycles. The van der Waals surface area contributed by atoms with Crippen molar-refractivity contribution in [3.63, 3.8) is 0 Å². The van der Waals surface area contributed by atoms with Crippen LogP contribution in [0.2, 0.25) is 0 Å². The Labute approximate surface area is 151 Å². The second kappa shape index (κ2) is 7.01. The Bertz CT molecular complexity index is 805. The molecule has 0 radical (unpaired) electrons. The van der Waals surface area contributed by atoms with E-state index in [1.54, 1.807) is 0 Å². The molecule has 4 rings (SSSR count). The summed E-state index contributed by atoms with van der Waals surface area (Å²) in [6.07, 6.45) is 5.13. The van der Waals surface area contributed by atoms with Crippen LogP contribution in [0, 0.1) is 11.7 Å². The summed E-state index contributed by atoms with van der Waals surface area (Å²) in [6, 6.07) is 2.91. The quantitative estimate of drug-likeness (QED) is 0.816. The molecule has 2 aromatic heterocycles. The molecule has 1 saturated carbocycles. The van der Waals surface area contributed by atoms with E-state index in [9.17, 15) is 9.18 Å². The van der Waals surface area contributed by atoms with Gasteiger partial charge < -0.3 is 14.2 Å². The van der Waals surface area contributed by atoms with Gasteiger partial charge in [-0.1, -0.05) is 0 Å². The van der Waals surface area contributed by atoms with Gasteiger partial charge in [-0.05, 0) is 37.8 Å². The molecule has 7 nitrogen and oxygen atoms in total. The minimum atomic E-state index is -0.506. The van der Waals surface area contributed by atoms with E-state index in [-0.39, 0.29) is 24.4 Å². The summed E-state index contributed by atoms with van der Waals surface area (Å²) >= 11 is 0. The van der Waals surface area contributed by atoms with Crippen LogP contribution in [0.4, 0.5) is 4.39 Å². The highest BCUT2D eigenvalue weighted by Gasteiger charge is 2.31. The zero-order valence-corrected chi connectivity index (χ0v) is 14.8. The molecule has 26 heavy (non-hydrogen) atoms. The van der Waals surface area contributed by atoms with E-state index in [1.807, 2.05) is 9.47 Å². The van der Waals surface area contributed by atoms with E-state index in [4.69, 9.17) is 4.74 Å². The third-order valence-electron chi connectivity index (χ3n) is 5.02. The molecule has 1 fully saturated rings. The van der Waals surface area contributed by atoms with Crippen molar-refractivity contribution in [3.05, 3.63) is 35.8 Å². The Morgan fingerprint density at radius 3 is 2.96 bits per heavy atom. The van der Waals surface area contributed by atoms with Crippen LogP contribution in [0.5, 0.6) is 5.88 Å². The van der Waals surface area contributed by atoms with Gasteiger partial charge in [0.1, 0.15) is 12.4 Å². The van der Waals surface area contributed by atoms with Crippen LogP contribution in [0.3, 0.4) is 0 Å². The van der Waals surface area contributed by atoms with Crippen molar-refractivity contribution in [3.8, 4) is 5.88 Å². The highest BCUT2D eigenvalue weighted by molar-refractivity contribution is 5.77. The molecule has 1 atom stereocenters. The van der Waals surface area contributed by atoms with Gasteiger partial charge in [0.25, 0.3) is 5.88 Å². The number of nitrogens with zero attached hydrogens (tertiary/aromatic N) is 5. The molecular formula is C18H22FN5O2. The molecule has 2 aromatic rings. The van der Waals surface area contributed by atoms with Gasteiger partial charge in [-0.3, -0.25) is 4.79 Å². The van der Waals surface area contributed by atoms with Crippen LogP contribution in [-0.2, 0) is 24.4 Å². The smallest absolute Gasteiger partial charge is 0.250 e. The van der Waals surface area contributed by atoms with Gasteiger partial charge in [0.2, 0.25) is 5.91 Å². The van der Waals surface area contributed by atoms with E-state index < -0.39 is 5.82 Å². The standard InChI is InChI=1S/C18H22FN5O2/c1-12-9-15-21-22-16(11-26-18-14(19)3-2-6-20-18)24(15)8-7-23(12)17(25)10-13-4-5-13/h2-3,6,12-13H,4-5,7-11H2,1H3. The summed E-state index contributed by atoms with van der Waals surface area (Å²) in [4.78, 5) is 18.4. The summed E-state index contributed by atoms with van der Waals surface area (Å²) in [5.74, 6) is 1.70. The minimum absolute atomic E-state index is 0.0481. The first-order chi connectivity index (χ1) is 12.6. The van der Waals surface area contributed by atoms with Crippen molar-refractivity contribution in [2.24, 2.45) is 5.92 Å². The number of pyridine rings is 1. The topological polar surface area (TPSA) is 73.1 Å². The summed E-state index contributed by atoms with van der Waals surface area (Å²) < 4.78 is 21.1. The number of ether oxygens (including phenoxy) is 1. The molecule has 138 valence electrons. The largest absolute Gasteiger partial charge is 0.467 e. The van der Waals surface area contributed by atoms with Gasteiger partial charge in [-0.25, -0.2) is 9.37 Å². The normalized spacial score (nSPS) is 19.8. The molecule has 0 spiro atoms. The predicted octanol–water partition coefficient (Wildman–Crippen LogP) is 1.96. The minimum Gasteiger partial charge on any atom is -0.467 e. The number of halogens is 1. The highest BCUT2D eigenvalue weighted by Crippen LogP contribution is 2.33. The average molecular weight is 359 g/mol. The van der Waals surface area contributed by atoms with Crippen molar-refractivity contribution in [2.45, 2.75) is 51.8 Å². The lowest BCUT2D eigenvalue weighted by molar-refractivity contribution is -0.133. The van der Waals surface area contributed by atoms with E-state index in [0.29, 0.717) is 37.7 Å². The molecule has 0 saturated heterocycles. The monoisotopic (exact) mass is 359 g/mol. The first kappa shape index (κ1) is 16.9. The molecule has 0 N–H and O–H groups in total. The van der Waals surface area contributed by atoms with E-state index in [1.165, 1.54) is 31.2 Å².